The second-order valence-electron chi connectivity index (χ2n) is 5.69. The Kier molecular flexibility index (Phi) is 6.68. The second-order valence-corrected chi connectivity index (χ2v) is 7.41. The van der Waals surface area contributed by atoms with Crippen LogP contribution in [0.3, 0.4) is 0 Å². The normalized spacial score (nSPS) is 14.9. The second kappa shape index (κ2) is 9.39. The van der Waals surface area contributed by atoms with Crippen molar-refractivity contribution in [1.82, 2.24) is 5.32 Å². The number of allylic oxidation sites excluding steroid dienone is 1. The van der Waals surface area contributed by atoms with Gasteiger partial charge in [-0.05, 0) is 30.2 Å². The van der Waals surface area contributed by atoms with Crippen LogP contribution in [-0.2, 0) is 11.2 Å². The van der Waals surface area contributed by atoms with Crippen molar-refractivity contribution in [3.63, 3.8) is 0 Å². The van der Waals surface area contributed by atoms with Gasteiger partial charge >= 0.3 is 0 Å². The number of thiocarbonyl (C=S) groups is 1. The first-order valence-electron chi connectivity index (χ1n) is 8.45. The first-order chi connectivity index (χ1) is 13.2. The van der Waals surface area contributed by atoms with Gasteiger partial charge < -0.3 is 14.8 Å². The molecule has 0 unspecified atom stereocenters. The minimum absolute atomic E-state index is 0.179. The average Bonchev–Trinajstić information content (AvgIpc) is 2.98. The third-order valence-corrected chi connectivity index (χ3v) is 4.95. The van der Waals surface area contributed by atoms with Crippen LogP contribution in [0.2, 0.25) is 0 Å². The number of hydrogen-bond acceptors (Lipinski definition) is 5. The fourth-order valence-electron chi connectivity index (χ4n) is 2.57. The van der Waals surface area contributed by atoms with Crippen molar-refractivity contribution in [2.75, 3.05) is 13.2 Å². The highest BCUT2D eigenvalue weighted by Crippen LogP contribution is 2.29. The number of benzene rings is 2. The smallest absolute Gasteiger partial charge is 0.263 e. The average molecular weight is 398 g/mol. The van der Waals surface area contributed by atoms with E-state index < -0.39 is 0 Å². The van der Waals surface area contributed by atoms with E-state index in [9.17, 15) is 4.79 Å². The molecule has 1 fully saturated rings. The van der Waals surface area contributed by atoms with Gasteiger partial charge in [0, 0.05) is 5.56 Å². The lowest BCUT2D eigenvalue weighted by Gasteiger charge is -2.12. The van der Waals surface area contributed by atoms with Gasteiger partial charge in [0.05, 0.1) is 4.91 Å². The Labute approximate surface area is 168 Å². The fraction of sp³-hybridized carbons (Fsp3) is 0.143. The minimum atomic E-state index is -0.179. The van der Waals surface area contributed by atoms with Gasteiger partial charge in [0.2, 0.25) is 0 Å². The van der Waals surface area contributed by atoms with Crippen molar-refractivity contribution in [2.45, 2.75) is 6.42 Å². The van der Waals surface area contributed by atoms with Crippen molar-refractivity contribution in [1.29, 1.82) is 0 Å². The molecule has 0 aromatic heterocycles. The molecule has 2 aromatic rings. The van der Waals surface area contributed by atoms with E-state index in [4.69, 9.17) is 21.7 Å². The summed E-state index contributed by atoms with van der Waals surface area (Å²) in [6.07, 6.45) is 4.40. The highest BCUT2D eigenvalue weighted by Gasteiger charge is 2.22. The molecule has 0 saturated carbocycles. The van der Waals surface area contributed by atoms with Gasteiger partial charge in [0.25, 0.3) is 5.91 Å². The minimum Gasteiger partial charge on any atom is -0.490 e. The van der Waals surface area contributed by atoms with Crippen LogP contribution >= 0.6 is 24.0 Å². The van der Waals surface area contributed by atoms with Crippen LogP contribution in [0.5, 0.6) is 11.5 Å². The predicted molar refractivity (Wildman–Crippen MR) is 114 cm³/mol. The van der Waals surface area contributed by atoms with E-state index in [1.54, 1.807) is 6.08 Å². The lowest BCUT2D eigenvalue weighted by Crippen LogP contribution is -2.17. The van der Waals surface area contributed by atoms with E-state index in [2.05, 4.69) is 11.9 Å². The first-order valence-corrected chi connectivity index (χ1v) is 9.68. The summed E-state index contributed by atoms with van der Waals surface area (Å²) in [6, 6.07) is 15.4. The molecule has 1 heterocycles. The lowest BCUT2D eigenvalue weighted by atomic mass is 10.1. The number of nitrogens with one attached hydrogen (secondary N) is 1. The molecule has 4 nitrogen and oxygen atoms in total. The third kappa shape index (κ3) is 5.21. The number of para-hydroxylation sites is 2. The van der Waals surface area contributed by atoms with Crippen molar-refractivity contribution in [3.8, 4) is 11.5 Å². The summed E-state index contributed by atoms with van der Waals surface area (Å²) in [7, 11) is 0. The highest BCUT2D eigenvalue weighted by molar-refractivity contribution is 8.26. The summed E-state index contributed by atoms with van der Waals surface area (Å²) >= 11 is 6.27. The van der Waals surface area contributed by atoms with Crippen LogP contribution < -0.4 is 14.8 Å². The summed E-state index contributed by atoms with van der Waals surface area (Å²) in [4.78, 5) is 12.4. The van der Waals surface area contributed by atoms with Gasteiger partial charge in [0.1, 0.15) is 29.0 Å². The van der Waals surface area contributed by atoms with Crippen LogP contribution in [0, 0.1) is 0 Å². The van der Waals surface area contributed by atoms with E-state index in [0.29, 0.717) is 28.2 Å². The van der Waals surface area contributed by atoms with Gasteiger partial charge in [0.15, 0.2) is 0 Å². The molecule has 1 aliphatic heterocycles. The van der Waals surface area contributed by atoms with E-state index in [0.717, 1.165) is 23.3 Å². The number of thioether (sulfide) groups is 1. The largest absolute Gasteiger partial charge is 0.490 e. The maximum atomic E-state index is 11.8. The molecule has 6 heteroatoms. The molecule has 3 rings (SSSR count). The van der Waals surface area contributed by atoms with Crippen LogP contribution in [0.25, 0.3) is 6.08 Å². The van der Waals surface area contributed by atoms with Gasteiger partial charge in [-0.3, -0.25) is 4.79 Å². The van der Waals surface area contributed by atoms with Gasteiger partial charge in [-0.2, -0.15) is 0 Å². The Morgan fingerprint density at radius 1 is 1.04 bits per heavy atom. The number of rotatable bonds is 8. The SMILES string of the molecule is C=CCc1ccccc1OCCOc1ccccc1C=C1SC(=S)NC1=O. The molecular weight excluding hydrogens is 378 g/mol. The number of carbonyl (C=O) groups is 1. The predicted octanol–water partition coefficient (Wildman–Crippen LogP) is 4.36. The molecule has 0 spiro atoms. The zero-order valence-electron chi connectivity index (χ0n) is 14.6. The van der Waals surface area contributed by atoms with E-state index in [1.165, 1.54) is 11.8 Å². The number of carbonyl (C=O) groups excluding carboxylic acids is 1. The maximum absolute atomic E-state index is 11.8. The Morgan fingerprint density at radius 3 is 2.41 bits per heavy atom. The molecule has 0 bridgehead atoms. The van der Waals surface area contributed by atoms with Crippen molar-refractivity contribution < 1.29 is 14.3 Å². The summed E-state index contributed by atoms with van der Waals surface area (Å²) in [5, 5.41) is 2.61. The van der Waals surface area contributed by atoms with Crippen molar-refractivity contribution >= 4 is 40.3 Å². The van der Waals surface area contributed by atoms with Crippen molar-refractivity contribution in [3.05, 3.63) is 77.2 Å². The molecule has 138 valence electrons. The van der Waals surface area contributed by atoms with E-state index in [1.807, 2.05) is 54.6 Å². The van der Waals surface area contributed by atoms with Gasteiger partial charge in [-0.25, -0.2) is 0 Å². The van der Waals surface area contributed by atoms with Crippen molar-refractivity contribution in [2.24, 2.45) is 0 Å². The Balaban J connectivity index is 1.61. The molecule has 1 aliphatic rings. The standard InChI is InChI=1S/C21H19NO3S2/c1-2-7-15-8-3-5-10-17(15)24-12-13-25-18-11-6-4-9-16(18)14-19-20(23)22-21(26)27-19/h2-6,8-11,14H,1,7,12-13H2,(H,22,23,26). The van der Waals surface area contributed by atoms with E-state index in [-0.39, 0.29) is 5.91 Å². The number of amides is 1. The molecule has 27 heavy (non-hydrogen) atoms. The van der Waals surface area contributed by atoms with Crippen LogP contribution in [0.1, 0.15) is 11.1 Å². The Morgan fingerprint density at radius 2 is 1.70 bits per heavy atom. The summed E-state index contributed by atoms with van der Waals surface area (Å²) in [5.74, 6) is 1.35. The third-order valence-electron chi connectivity index (χ3n) is 3.78. The Bertz CT molecular complexity index is 893. The summed E-state index contributed by atoms with van der Waals surface area (Å²) in [6.45, 7) is 4.58. The summed E-state index contributed by atoms with van der Waals surface area (Å²) in [5.41, 5.74) is 1.92. The van der Waals surface area contributed by atoms with E-state index >= 15 is 0 Å². The lowest BCUT2D eigenvalue weighted by molar-refractivity contribution is -0.115. The Hall–Kier alpha value is -2.57. The molecular formula is C21H19NO3S2. The molecule has 1 saturated heterocycles. The zero-order valence-corrected chi connectivity index (χ0v) is 16.3. The molecule has 1 N–H and O–H groups in total. The topological polar surface area (TPSA) is 47.6 Å². The number of hydrogen-bond donors (Lipinski definition) is 1. The molecule has 1 amide bonds. The monoisotopic (exact) mass is 397 g/mol. The number of ether oxygens (including phenoxy) is 2. The quantitative estimate of drug-likeness (QED) is 0.310. The summed E-state index contributed by atoms with van der Waals surface area (Å²) < 4.78 is 12.2. The molecule has 0 atom stereocenters. The van der Waals surface area contributed by atoms with Crippen LogP contribution in [0.4, 0.5) is 0 Å². The van der Waals surface area contributed by atoms with Gasteiger partial charge in [-0.1, -0.05) is 66.5 Å². The van der Waals surface area contributed by atoms with Crippen LogP contribution in [0.15, 0.2) is 66.1 Å². The van der Waals surface area contributed by atoms with Gasteiger partial charge in [-0.15, -0.1) is 6.58 Å². The van der Waals surface area contributed by atoms with Crippen LogP contribution in [-0.4, -0.2) is 23.4 Å². The maximum Gasteiger partial charge on any atom is 0.263 e. The zero-order chi connectivity index (χ0) is 19.1. The molecule has 0 radical (unpaired) electrons. The molecule has 0 aliphatic carbocycles. The molecule has 2 aromatic carbocycles. The first kappa shape index (κ1) is 19.2. The highest BCUT2D eigenvalue weighted by atomic mass is 32.2. The fourth-order valence-corrected chi connectivity index (χ4v) is 3.60.